The molecule has 0 aromatic heterocycles. The van der Waals surface area contributed by atoms with Gasteiger partial charge < -0.3 is 10.1 Å². The maximum Gasteiger partial charge on any atom is 0.141 e. The molecule has 112 valence electrons. The summed E-state index contributed by atoms with van der Waals surface area (Å²) in [7, 11) is 0. The van der Waals surface area contributed by atoms with Gasteiger partial charge in [0.25, 0.3) is 0 Å². The molecule has 0 aliphatic rings. The number of benzene rings is 2. The second-order valence-corrected chi connectivity index (χ2v) is 6.19. The van der Waals surface area contributed by atoms with Crippen LogP contribution in [0.1, 0.15) is 19.4 Å². The minimum absolute atomic E-state index is 0.318. The summed E-state index contributed by atoms with van der Waals surface area (Å²) in [5, 5.41) is 3.95. The first-order valence-corrected chi connectivity index (χ1v) is 7.78. The molecule has 0 bridgehead atoms. The summed E-state index contributed by atoms with van der Waals surface area (Å²) in [4.78, 5) is 0. The maximum atomic E-state index is 13.1. The normalized spacial score (nSPS) is 11.0. The van der Waals surface area contributed by atoms with Crippen LogP contribution in [0.25, 0.3) is 0 Å². The van der Waals surface area contributed by atoms with Gasteiger partial charge in [-0.05, 0) is 46.3 Å². The third kappa shape index (κ3) is 4.43. The summed E-state index contributed by atoms with van der Waals surface area (Å²) in [6.07, 6.45) is 0. The van der Waals surface area contributed by atoms with Gasteiger partial charge in [0.15, 0.2) is 0 Å². The fraction of sp³-hybridized carbons (Fsp3) is 0.250. The summed E-state index contributed by atoms with van der Waals surface area (Å²) in [6, 6.07) is 10.1. The Labute approximate surface area is 137 Å². The van der Waals surface area contributed by atoms with Gasteiger partial charge in [-0.1, -0.05) is 31.5 Å². The number of nitrogens with one attached hydrogen (secondary N) is 1. The van der Waals surface area contributed by atoms with Gasteiger partial charge in [0.1, 0.15) is 17.3 Å². The number of ether oxygens (including phenoxy) is 1. The molecule has 0 spiro atoms. The van der Waals surface area contributed by atoms with Crippen LogP contribution < -0.4 is 10.1 Å². The molecule has 0 atom stereocenters. The average molecular weight is 373 g/mol. The van der Waals surface area contributed by atoms with Crippen molar-refractivity contribution < 1.29 is 9.13 Å². The monoisotopic (exact) mass is 371 g/mol. The zero-order valence-electron chi connectivity index (χ0n) is 11.8. The number of rotatable bonds is 5. The Balaban J connectivity index is 2.28. The Morgan fingerprint density at radius 3 is 2.67 bits per heavy atom. The third-order valence-corrected chi connectivity index (χ3v) is 3.85. The molecule has 0 aliphatic heterocycles. The van der Waals surface area contributed by atoms with Gasteiger partial charge >= 0.3 is 0 Å². The van der Waals surface area contributed by atoms with Crippen LogP contribution in [0.2, 0.25) is 5.02 Å². The molecule has 0 aliphatic carbocycles. The quantitative estimate of drug-likeness (QED) is 0.745. The summed E-state index contributed by atoms with van der Waals surface area (Å²) in [5.41, 5.74) is 0.879. The molecule has 0 saturated carbocycles. The Hall–Kier alpha value is -1.10. The molecule has 0 amide bonds. The topological polar surface area (TPSA) is 21.3 Å². The number of halogens is 3. The van der Waals surface area contributed by atoms with E-state index in [9.17, 15) is 4.39 Å². The van der Waals surface area contributed by atoms with Crippen molar-refractivity contribution in [3.63, 3.8) is 0 Å². The summed E-state index contributed by atoms with van der Waals surface area (Å²) in [6.45, 7) is 4.73. The highest BCUT2D eigenvalue weighted by Crippen LogP contribution is 2.34. The maximum absolute atomic E-state index is 13.1. The zero-order chi connectivity index (χ0) is 15.4. The molecule has 0 radical (unpaired) electrons. The van der Waals surface area contributed by atoms with Gasteiger partial charge in [0, 0.05) is 23.2 Å². The van der Waals surface area contributed by atoms with E-state index in [-0.39, 0.29) is 5.82 Å². The van der Waals surface area contributed by atoms with E-state index < -0.39 is 0 Å². The molecule has 1 N–H and O–H groups in total. The Kier molecular flexibility index (Phi) is 5.62. The van der Waals surface area contributed by atoms with Crippen molar-refractivity contribution in [2.24, 2.45) is 0 Å². The molecule has 0 heterocycles. The van der Waals surface area contributed by atoms with E-state index in [0.717, 1.165) is 5.56 Å². The van der Waals surface area contributed by atoms with Crippen LogP contribution in [0.3, 0.4) is 0 Å². The van der Waals surface area contributed by atoms with E-state index in [4.69, 9.17) is 16.3 Å². The van der Waals surface area contributed by atoms with Crippen molar-refractivity contribution in [1.82, 2.24) is 5.32 Å². The standard InChI is InChI=1S/C16H16BrClFNO/c1-10(2)20-9-12-14(18)4-3-5-15(12)21-16-7-6-11(19)8-13(16)17/h3-8,10,20H,9H2,1-2H3. The predicted octanol–water partition coefficient (Wildman–Crippen LogP) is 5.53. The van der Waals surface area contributed by atoms with Crippen LogP contribution in [0, 0.1) is 5.82 Å². The lowest BCUT2D eigenvalue weighted by Gasteiger charge is -2.15. The van der Waals surface area contributed by atoms with Gasteiger partial charge in [-0.15, -0.1) is 0 Å². The highest BCUT2D eigenvalue weighted by Gasteiger charge is 2.11. The Morgan fingerprint density at radius 2 is 2.00 bits per heavy atom. The zero-order valence-corrected chi connectivity index (χ0v) is 14.1. The fourth-order valence-corrected chi connectivity index (χ4v) is 2.45. The molecule has 2 rings (SSSR count). The van der Waals surface area contributed by atoms with E-state index in [1.165, 1.54) is 12.1 Å². The number of hydrogen-bond donors (Lipinski definition) is 1. The minimum atomic E-state index is -0.318. The lowest BCUT2D eigenvalue weighted by Crippen LogP contribution is -2.22. The molecule has 2 nitrogen and oxygen atoms in total. The largest absolute Gasteiger partial charge is 0.456 e. The average Bonchev–Trinajstić information content (AvgIpc) is 2.41. The molecule has 2 aromatic rings. The molecule has 0 saturated heterocycles. The third-order valence-electron chi connectivity index (χ3n) is 2.88. The highest BCUT2D eigenvalue weighted by atomic mass is 79.9. The Bertz CT molecular complexity index is 634. The van der Waals surface area contributed by atoms with Crippen LogP contribution in [-0.2, 0) is 6.54 Å². The minimum Gasteiger partial charge on any atom is -0.456 e. The van der Waals surface area contributed by atoms with Crippen molar-refractivity contribution >= 4 is 27.5 Å². The first-order valence-electron chi connectivity index (χ1n) is 6.61. The SMILES string of the molecule is CC(C)NCc1c(Cl)cccc1Oc1ccc(F)cc1Br. The lowest BCUT2D eigenvalue weighted by molar-refractivity contribution is 0.465. The molecule has 21 heavy (non-hydrogen) atoms. The van der Waals surface area contributed by atoms with Crippen molar-refractivity contribution in [2.75, 3.05) is 0 Å². The summed E-state index contributed by atoms with van der Waals surface area (Å²) < 4.78 is 19.6. The summed E-state index contributed by atoms with van der Waals surface area (Å²) >= 11 is 9.55. The van der Waals surface area contributed by atoms with Crippen molar-refractivity contribution in [3.05, 3.63) is 57.3 Å². The van der Waals surface area contributed by atoms with E-state index >= 15 is 0 Å². The Morgan fingerprint density at radius 1 is 1.24 bits per heavy atom. The van der Waals surface area contributed by atoms with Crippen molar-refractivity contribution in [1.29, 1.82) is 0 Å². The first-order chi connectivity index (χ1) is 9.97. The van der Waals surface area contributed by atoms with Crippen LogP contribution in [0.4, 0.5) is 4.39 Å². The highest BCUT2D eigenvalue weighted by molar-refractivity contribution is 9.10. The van der Waals surface area contributed by atoms with E-state index in [1.54, 1.807) is 6.07 Å². The van der Waals surface area contributed by atoms with Crippen LogP contribution in [-0.4, -0.2) is 6.04 Å². The molecule has 0 unspecified atom stereocenters. The van der Waals surface area contributed by atoms with Crippen LogP contribution in [0.5, 0.6) is 11.5 Å². The van der Waals surface area contributed by atoms with Gasteiger partial charge in [0.05, 0.1) is 4.47 Å². The lowest BCUT2D eigenvalue weighted by atomic mass is 10.2. The van der Waals surface area contributed by atoms with E-state index in [0.29, 0.717) is 33.6 Å². The van der Waals surface area contributed by atoms with E-state index in [1.807, 2.05) is 18.2 Å². The van der Waals surface area contributed by atoms with E-state index in [2.05, 4.69) is 35.1 Å². The smallest absolute Gasteiger partial charge is 0.141 e. The number of hydrogen-bond acceptors (Lipinski definition) is 2. The first kappa shape index (κ1) is 16.3. The van der Waals surface area contributed by atoms with Crippen molar-refractivity contribution in [3.8, 4) is 11.5 Å². The molecule has 5 heteroatoms. The second-order valence-electron chi connectivity index (χ2n) is 4.93. The summed E-state index contributed by atoms with van der Waals surface area (Å²) in [5.74, 6) is 0.884. The van der Waals surface area contributed by atoms with Gasteiger partial charge in [-0.3, -0.25) is 0 Å². The van der Waals surface area contributed by atoms with Gasteiger partial charge in [-0.2, -0.15) is 0 Å². The van der Waals surface area contributed by atoms with Gasteiger partial charge in [0.2, 0.25) is 0 Å². The molecule has 2 aromatic carbocycles. The molecular weight excluding hydrogens is 357 g/mol. The predicted molar refractivity (Wildman–Crippen MR) is 87.6 cm³/mol. The second kappa shape index (κ2) is 7.25. The van der Waals surface area contributed by atoms with Gasteiger partial charge in [-0.25, -0.2) is 4.39 Å². The van der Waals surface area contributed by atoms with Crippen LogP contribution in [0.15, 0.2) is 40.9 Å². The fourth-order valence-electron chi connectivity index (χ4n) is 1.79. The van der Waals surface area contributed by atoms with Crippen molar-refractivity contribution in [2.45, 2.75) is 26.4 Å². The van der Waals surface area contributed by atoms with Crippen LogP contribution >= 0.6 is 27.5 Å². The molecular formula is C16H16BrClFNO. The molecule has 0 fully saturated rings.